The summed E-state index contributed by atoms with van der Waals surface area (Å²) in [5.41, 5.74) is 7.06. The van der Waals surface area contributed by atoms with Crippen molar-refractivity contribution in [2.24, 2.45) is 0 Å². The molecule has 2 aromatic heterocycles. The molecule has 0 unspecified atom stereocenters. The number of nitrogens with two attached hydrogens (primary N) is 1. The van der Waals surface area contributed by atoms with Gasteiger partial charge in [0.1, 0.15) is 22.9 Å². The molecule has 0 atom stereocenters. The number of imidazole rings is 1. The number of para-hydroxylation sites is 1. The van der Waals surface area contributed by atoms with Gasteiger partial charge in [-0.2, -0.15) is 9.97 Å². The fourth-order valence-corrected chi connectivity index (χ4v) is 4.15. The molecule has 1 aromatic carbocycles. The van der Waals surface area contributed by atoms with Gasteiger partial charge in [-0.15, -0.1) is 0 Å². The van der Waals surface area contributed by atoms with Crippen molar-refractivity contribution in [3.8, 4) is 11.7 Å². The zero-order valence-corrected chi connectivity index (χ0v) is 17.8. The third-order valence-corrected chi connectivity index (χ3v) is 5.66. The Hall–Kier alpha value is -3.11. The Labute approximate surface area is 180 Å². The van der Waals surface area contributed by atoms with Gasteiger partial charge in [-0.25, -0.2) is 9.55 Å². The van der Waals surface area contributed by atoms with E-state index in [-0.39, 0.29) is 17.3 Å². The second kappa shape index (κ2) is 7.54. The summed E-state index contributed by atoms with van der Waals surface area (Å²) in [6.07, 6.45) is 0. The van der Waals surface area contributed by atoms with E-state index in [1.54, 1.807) is 16.7 Å². The predicted octanol–water partition coefficient (Wildman–Crippen LogP) is 1.56. The lowest BCUT2D eigenvalue weighted by atomic mass is 10.1. The van der Waals surface area contributed by atoms with Crippen LogP contribution >= 0.6 is 0 Å². The van der Waals surface area contributed by atoms with E-state index in [9.17, 15) is 5.11 Å². The molecule has 4 heterocycles. The second-order valence-corrected chi connectivity index (χ2v) is 8.46. The number of hydrogen-bond donors (Lipinski definition) is 2. The van der Waals surface area contributed by atoms with E-state index in [0.717, 1.165) is 31.3 Å². The monoisotopic (exact) mass is 425 g/mol. The first-order valence-corrected chi connectivity index (χ1v) is 10.5. The summed E-state index contributed by atoms with van der Waals surface area (Å²) in [4.78, 5) is 18.4. The average Bonchev–Trinajstić information content (AvgIpc) is 3.10. The average molecular weight is 425 g/mol. The first-order valence-electron chi connectivity index (χ1n) is 10.5. The Balaban J connectivity index is 1.65. The standard InChI is InChI=1S/C21H27N7O3/c1-21(2)13-27(8-11-31-21)17-12-16(26-6-9-30-10-7-26)23-20(24-17)28-14-4-3-5-15(29)18(14)25-19(28)22/h3-5,12,29H,6-11,13H2,1-2H3,(H2,22,25). The highest BCUT2D eigenvalue weighted by atomic mass is 16.5. The summed E-state index contributed by atoms with van der Waals surface area (Å²) in [7, 11) is 0. The number of nitrogen functional groups attached to an aromatic ring is 1. The number of benzene rings is 1. The summed E-state index contributed by atoms with van der Waals surface area (Å²) >= 11 is 0. The van der Waals surface area contributed by atoms with Crippen LogP contribution in [0, 0.1) is 0 Å². The van der Waals surface area contributed by atoms with Gasteiger partial charge < -0.3 is 30.1 Å². The number of hydrogen-bond acceptors (Lipinski definition) is 9. The van der Waals surface area contributed by atoms with Crippen LogP contribution in [0.2, 0.25) is 0 Å². The topological polar surface area (TPSA) is 115 Å². The Morgan fingerprint density at radius 2 is 1.71 bits per heavy atom. The van der Waals surface area contributed by atoms with Crippen molar-refractivity contribution >= 4 is 28.6 Å². The number of nitrogens with zero attached hydrogens (tertiary/aromatic N) is 6. The molecule has 3 aromatic rings. The van der Waals surface area contributed by atoms with Crippen LogP contribution < -0.4 is 15.5 Å². The van der Waals surface area contributed by atoms with E-state index in [0.29, 0.717) is 43.3 Å². The number of fused-ring (bicyclic) bond motifs is 1. The minimum atomic E-state index is -0.269. The Morgan fingerprint density at radius 1 is 1.00 bits per heavy atom. The maximum Gasteiger partial charge on any atom is 0.241 e. The highest BCUT2D eigenvalue weighted by Gasteiger charge is 2.29. The number of rotatable bonds is 3. The molecule has 5 rings (SSSR count). The fourth-order valence-electron chi connectivity index (χ4n) is 4.15. The minimum Gasteiger partial charge on any atom is -0.506 e. The van der Waals surface area contributed by atoms with E-state index in [4.69, 9.17) is 25.2 Å². The third kappa shape index (κ3) is 3.72. The van der Waals surface area contributed by atoms with E-state index in [2.05, 4.69) is 28.6 Å². The van der Waals surface area contributed by atoms with Gasteiger partial charge >= 0.3 is 0 Å². The molecule has 164 valence electrons. The summed E-state index contributed by atoms with van der Waals surface area (Å²) in [5, 5.41) is 10.2. The van der Waals surface area contributed by atoms with Gasteiger partial charge in [0, 0.05) is 32.2 Å². The van der Waals surface area contributed by atoms with Crippen LogP contribution in [0.3, 0.4) is 0 Å². The number of phenols is 1. The highest BCUT2D eigenvalue weighted by molar-refractivity contribution is 5.85. The summed E-state index contributed by atoms with van der Waals surface area (Å²) in [6.45, 7) is 9.06. The molecule has 0 bridgehead atoms. The summed E-state index contributed by atoms with van der Waals surface area (Å²) in [5.74, 6) is 2.35. The minimum absolute atomic E-state index is 0.0717. The molecule has 2 aliphatic heterocycles. The van der Waals surface area contributed by atoms with Gasteiger partial charge in [0.25, 0.3) is 0 Å². The molecule has 2 saturated heterocycles. The second-order valence-electron chi connectivity index (χ2n) is 8.46. The molecule has 3 N–H and O–H groups in total. The van der Waals surface area contributed by atoms with Crippen molar-refractivity contribution < 1.29 is 14.6 Å². The van der Waals surface area contributed by atoms with E-state index < -0.39 is 0 Å². The SMILES string of the molecule is CC1(C)CN(c2cc(N3CCOCC3)nc(-n3c(N)nc4c(O)cccc43)n2)CCO1. The van der Waals surface area contributed by atoms with Gasteiger partial charge in [0.2, 0.25) is 11.9 Å². The van der Waals surface area contributed by atoms with E-state index in [1.165, 1.54) is 0 Å². The molecule has 2 aliphatic rings. The molecule has 0 spiro atoms. The lowest BCUT2D eigenvalue weighted by Gasteiger charge is -2.39. The number of aromatic nitrogens is 4. The lowest BCUT2D eigenvalue weighted by Crippen LogP contribution is -2.48. The Kier molecular flexibility index (Phi) is 4.82. The van der Waals surface area contributed by atoms with Gasteiger partial charge in [0.05, 0.1) is 30.9 Å². The highest BCUT2D eigenvalue weighted by Crippen LogP contribution is 2.31. The maximum atomic E-state index is 10.2. The van der Waals surface area contributed by atoms with Crippen molar-refractivity contribution in [2.45, 2.75) is 19.4 Å². The van der Waals surface area contributed by atoms with Crippen LogP contribution in [0.1, 0.15) is 13.8 Å². The van der Waals surface area contributed by atoms with Crippen LogP contribution in [-0.2, 0) is 9.47 Å². The van der Waals surface area contributed by atoms with E-state index >= 15 is 0 Å². The molecular formula is C21H27N7O3. The molecular weight excluding hydrogens is 398 g/mol. The molecule has 2 fully saturated rings. The van der Waals surface area contributed by atoms with Crippen LogP contribution in [0.4, 0.5) is 17.6 Å². The largest absolute Gasteiger partial charge is 0.506 e. The molecule has 0 radical (unpaired) electrons. The van der Waals surface area contributed by atoms with Crippen molar-refractivity contribution in [1.29, 1.82) is 0 Å². The van der Waals surface area contributed by atoms with Crippen LogP contribution in [0.5, 0.6) is 5.75 Å². The van der Waals surface area contributed by atoms with Crippen LogP contribution in [-0.4, -0.2) is 76.2 Å². The molecule has 31 heavy (non-hydrogen) atoms. The van der Waals surface area contributed by atoms with Crippen molar-refractivity contribution in [2.75, 3.05) is 61.5 Å². The fraction of sp³-hybridized carbons (Fsp3) is 0.476. The Bertz CT molecular complexity index is 1110. The number of aromatic hydroxyl groups is 1. The molecule has 10 heteroatoms. The van der Waals surface area contributed by atoms with Gasteiger partial charge in [0.15, 0.2) is 0 Å². The summed E-state index contributed by atoms with van der Waals surface area (Å²) < 4.78 is 13.1. The zero-order chi connectivity index (χ0) is 21.6. The van der Waals surface area contributed by atoms with Crippen molar-refractivity contribution in [1.82, 2.24) is 19.5 Å². The smallest absolute Gasteiger partial charge is 0.241 e. The lowest BCUT2D eigenvalue weighted by molar-refractivity contribution is -0.0279. The maximum absolute atomic E-state index is 10.2. The molecule has 0 saturated carbocycles. The third-order valence-electron chi connectivity index (χ3n) is 5.66. The number of morpholine rings is 2. The number of phenolic OH excluding ortho intramolecular Hbond substituents is 1. The number of ether oxygens (including phenoxy) is 2. The first-order chi connectivity index (χ1) is 14.9. The van der Waals surface area contributed by atoms with Crippen LogP contribution in [0.15, 0.2) is 24.3 Å². The van der Waals surface area contributed by atoms with Gasteiger partial charge in [-0.3, -0.25) is 0 Å². The molecule has 10 nitrogen and oxygen atoms in total. The van der Waals surface area contributed by atoms with Gasteiger partial charge in [-0.1, -0.05) is 6.07 Å². The normalized spacial score (nSPS) is 19.2. The molecule has 0 amide bonds. The van der Waals surface area contributed by atoms with Crippen molar-refractivity contribution in [3.05, 3.63) is 24.3 Å². The van der Waals surface area contributed by atoms with Crippen molar-refractivity contribution in [3.63, 3.8) is 0 Å². The Morgan fingerprint density at radius 3 is 2.45 bits per heavy atom. The number of anilines is 3. The summed E-state index contributed by atoms with van der Waals surface area (Å²) in [6, 6.07) is 7.21. The first kappa shape index (κ1) is 19.8. The quantitative estimate of drug-likeness (QED) is 0.645. The van der Waals surface area contributed by atoms with Crippen LogP contribution in [0.25, 0.3) is 17.0 Å². The van der Waals surface area contributed by atoms with E-state index in [1.807, 2.05) is 12.1 Å². The molecule has 0 aliphatic carbocycles. The van der Waals surface area contributed by atoms with Gasteiger partial charge in [-0.05, 0) is 26.0 Å². The predicted molar refractivity (Wildman–Crippen MR) is 118 cm³/mol. The zero-order valence-electron chi connectivity index (χ0n) is 17.8.